The van der Waals surface area contributed by atoms with Gasteiger partial charge >= 0.3 is 5.97 Å². The highest BCUT2D eigenvalue weighted by atomic mass is 16.4. The van der Waals surface area contributed by atoms with E-state index in [1.54, 1.807) is 0 Å². The molecule has 0 saturated heterocycles. The molecule has 0 radical (unpaired) electrons. The first-order chi connectivity index (χ1) is 8.67. The zero-order valence-corrected chi connectivity index (χ0v) is 11.1. The van der Waals surface area contributed by atoms with Crippen molar-refractivity contribution >= 4 is 5.97 Å². The van der Waals surface area contributed by atoms with Crippen molar-refractivity contribution in [3.8, 4) is 0 Å². The molecule has 1 aliphatic carbocycles. The van der Waals surface area contributed by atoms with Crippen LogP contribution in [0.1, 0.15) is 57.2 Å². The molecule has 1 heterocycles. The summed E-state index contributed by atoms with van der Waals surface area (Å²) in [4.78, 5) is 15.8. The van der Waals surface area contributed by atoms with E-state index in [1.807, 2.05) is 18.5 Å². The Bertz CT molecular complexity index is 428. The van der Waals surface area contributed by atoms with Crippen LogP contribution in [0.5, 0.6) is 0 Å². The highest BCUT2D eigenvalue weighted by Gasteiger charge is 2.34. The van der Waals surface area contributed by atoms with Crippen LogP contribution in [0.3, 0.4) is 0 Å². The van der Waals surface area contributed by atoms with Crippen LogP contribution in [-0.4, -0.2) is 25.8 Å². The molecule has 1 N–H and O–H groups in total. The van der Waals surface area contributed by atoms with E-state index in [0.29, 0.717) is 0 Å². The molecular weight excluding hydrogens is 230 g/mol. The maximum atomic E-state index is 11.4. The smallest absolute Gasteiger partial charge is 0.308 e. The molecule has 1 aromatic heterocycles. The maximum Gasteiger partial charge on any atom is 0.308 e. The topological polar surface area (TPSA) is 68.0 Å². The van der Waals surface area contributed by atoms with E-state index in [4.69, 9.17) is 0 Å². The Morgan fingerprint density at radius 2 is 2.06 bits per heavy atom. The summed E-state index contributed by atoms with van der Waals surface area (Å²) in [6.45, 7) is 4.06. The van der Waals surface area contributed by atoms with Crippen LogP contribution in [0.25, 0.3) is 0 Å². The molecule has 1 aromatic rings. The molecule has 0 spiro atoms. The molecule has 0 aliphatic heterocycles. The lowest BCUT2D eigenvalue weighted by molar-refractivity contribution is -0.144. The second-order valence-electron chi connectivity index (χ2n) is 4.89. The molecule has 0 bridgehead atoms. The predicted octanol–water partition coefficient (Wildman–Crippen LogP) is 2.22. The molecule has 2 rings (SSSR count). The van der Waals surface area contributed by atoms with E-state index in [1.165, 1.54) is 0 Å². The first kappa shape index (κ1) is 13.1. The Kier molecular flexibility index (Phi) is 3.99. The van der Waals surface area contributed by atoms with Crippen LogP contribution in [0, 0.1) is 5.92 Å². The van der Waals surface area contributed by atoms with Gasteiger partial charge in [0.25, 0.3) is 0 Å². The maximum absolute atomic E-state index is 11.4. The van der Waals surface area contributed by atoms with E-state index in [0.717, 1.165) is 50.2 Å². The van der Waals surface area contributed by atoms with Gasteiger partial charge in [-0.05, 0) is 12.8 Å². The molecule has 1 fully saturated rings. The third-order valence-electron chi connectivity index (χ3n) is 3.74. The monoisotopic (exact) mass is 251 g/mol. The zero-order chi connectivity index (χ0) is 13.1. The van der Waals surface area contributed by atoms with Gasteiger partial charge in [-0.15, -0.1) is 0 Å². The number of carboxylic acids is 1. The van der Waals surface area contributed by atoms with Gasteiger partial charge in [-0.3, -0.25) is 4.79 Å². The van der Waals surface area contributed by atoms with Crippen molar-refractivity contribution in [2.75, 3.05) is 0 Å². The molecule has 2 atom stereocenters. The number of aryl methyl sites for hydroxylation is 2. The number of hydrogen-bond acceptors (Lipinski definition) is 3. The SMILES string of the molecule is CCc1nc(CC)n(C2CCCCC2C(=O)O)n1. The number of nitrogens with zero attached hydrogens (tertiary/aromatic N) is 3. The number of aliphatic carboxylic acids is 1. The normalized spacial score (nSPS) is 24.1. The molecule has 18 heavy (non-hydrogen) atoms. The van der Waals surface area contributed by atoms with Crippen molar-refractivity contribution in [3.63, 3.8) is 0 Å². The first-order valence-electron chi connectivity index (χ1n) is 6.84. The fourth-order valence-electron chi connectivity index (χ4n) is 2.75. The first-order valence-corrected chi connectivity index (χ1v) is 6.84. The van der Waals surface area contributed by atoms with Crippen LogP contribution < -0.4 is 0 Å². The van der Waals surface area contributed by atoms with Gasteiger partial charge in [0.2, 0.25) is 0 Å². The largest absolute Gasteiger partial charge is 0.481 e. The number of carbonyl (C=O) groups is 1. The summed E-state index contributed by atoms with van der Waals surface area (Å²) in [6, 6.07) is -0.0148. The summed E-state index contributed by atoms with van der Waals surface area (Å²) < 4.78 is 1.89. The third kappa shape index (κ3) is 2.40. The zero-order valence-electron chi connectivity index (χ0n) is 11.1. The molecule has 100 valence electrons. The summed E-state index contributed by atoms with van der Waals surface area (Å²) >= 11 is 0. The van der Waals surface area contributed by atoms with Gasteiger partial charge in [0.1, 0.15) is 5.82 Å². The van der Waals surface area contributed by atoms with E-state index >= 15 is 0 Å². The van der Waals surface area contributed by atoms with Gasteiger partial charge in [-0.2, -0.15) is 5.10 Å². The van der Waals surface area contributed by atoms with E-state index < -0.39 is 5.97 Å². The second-order valence-corrected chi connectivity index (χ2v) is 4.89. The van der Waals surface area contributed by atoms with Crippen molar-refractivity contribution in [2.45, 2.75) is 58.4 Å². The van der Waals surface area contributed by atoms with Crippen molar-refractivity contribution in [3.05, 3.63) is 11.6 Å². The minimum absolute atomic E-state index is 0.0148. The lowest BCUT2D eigenvalue weighted by Gasteiger charge is -2.29. The van der Waals surface area contributed by atoms with Crippen molar-refractivity contribution in [1.29, 1.82) is 0 Å². The summed E-state index contributed by atoms with van der Waals surface area (Å²) in [5, 5.41) is 13.8. The average Bonchev–Trinajstić information content (AvgIpc) is 2.81. The van der Waals surface area contributed by atoms with Gasteiger partial charge in [0, 0.05) is 12.8 Å². The Labute approximate surface area is 107 Å². The summed E-state index contributed by atoms with van der Waals surface area (Å²) in [5.41, 5.74) is 0. The van der Waals surface area contributed by atoms with E-state index in [-0.39, 0.29) is 12.0 Å². The van der Waals surface area contributed by atoms with E-state index in [9.17, 15) is 9.90 Å². The number of hydrogen-bond donors (Lipinski definition) is 1. The lowest BCUT2D eigenvalue weighted by Crippen LogP contribution is -2.31. The average molecular weight is 251 g/mol. The summed E-state index contributed by atoms with van der Waals surface area (Å²) in [7, 11) is 0. The predicted molar refractivity (Wildman–Crippen MR) is 67.4 cm³/mol. The van der Waals surface area contributed by atoms with Crippen LogP contribution in [0.2, 0.25) is 0 Å². The van der Waals surface area contributed by atoms with Crippen molar-refractivity contribution in [2.24, 2.45) is 5.92 Å². The molecule has 2 unspecified atom stereocenters. The molecule has 1 aliphatic rings. The number of aromatic nitrogens is 3. The highest BCUT2D eigenvalue weighted by Crippen LogP contribution is 2.34. The standard InChI is InChI=1S/C13H21N3O2/c1-3-11-14-12(4-2)16(15-11)10-8-6-5-7-9(10)13(17)18/h9-10H,3-8H2,1-2H3,(H,17,18). The van der Waals surface area contributed by atoms with Crippen molar-refractivity contribution < 1.29 is 9.90 Å². The molecule has 0 aromatic carbocycles. The Balaban J connectivity index is 2.32. The minimum Gasteiger partial charge on any atom is -0.481 e. The third-order valence-corrected chi connectivity index (χ3v) is 3.74. The second kappa shape index (κ2) is 5.50. The van der Waals surface area contributed by atoms with Crippen LogP contribution in [0.4, 0.5) is 0 Å². The molecule has 1 saturated carbocycles. The van der Waals surface area contributed by atoms with Gasteiger partial charge in [-0.25, -0.2) is 9.67 Å². The van der Waals surface area contributed by atoms with Crippen LogP contribution in [0.15, 0.2) is 0 Å². The Morgan fingerprint density at radius 3 is 2.67 bits per heavy atom. The molecule has 5 nitrogen and oxygen atoms in total. The quantitative estimate of drug-likeness (QED) is 0.891. The number of rotatable bonds is 4. The fourth-order valence-corrected chi connectivity index (χ4v) is 2.75. The fraction of sp³-hybridized carbons (Fsp3) is 0.769. The van der Waals surface area contributed by atoms with Crippen LogP contribution >= 0.6 is 0 Å². The van der Waals surface area contributed by atoms with Crippen molar-refractivity contribution in [1.82, 2.24) is 14.8 Å². The molecular formula is C13H21N3O2. The summed E-state index contributed by atoms with van der Waals surface area (Å²) in [6.07, 6.45) is 5.34. The van der Waals surface area contributed by atoms with Gasteiger partial charge in [0.05, 0.1) is 12.0 Å². The summed E-state index contributed by atoms with van der Waals surface area (Å²) in [5.74, 6) is 0.734. The van der Waals surface area contributed by atoms with Gasteiger partial charge in [-0.1, -0.05) is 26.7 Å². The Hall–Kier alpha value is -1.39. The van der Waals surface area contributed by atoms with Gasteiger partial charge in [0.15, 0.2) is 5.82 Å². The Morgan fingerprint density at radius 1 is 1.33 bits per heavy atom. The molecule has 0 amide bonds. The number of carboxylic acid groups (broad SMARTS) is 1. The van der Waals surface area contributed by atoms with Gasteiger partial charge < -0.3 is 5.11 Å². The van der Waals surface area contributed by atoms with Crippen LogP contribution in [-0.2, 0) is 17.6 Å². The highest BCUT2D eigenvalue weighted by molar-refractivity contribution is 5.70. The van der Waals surface area contributed by atoms with E-state index in [2.05, 4.69) is 10.1 Å². The molecule has 5 heteroatoms. The lowest BCUT2D eigenvalue weighted by atomic mass is 9.84. The minimum atomic E-state index is -0.699.